The second-order valence-electron chi connectivity index (χ2n) is 2.93. The molecule has 0 aliphatic carbocycles. The molecule has 0 aromatic heterocycles. The lowest BCUT2D eigenvalue weighted by molar-refractivity contribution is 0.0696. The van der Waals surface area contributed by atoms with Gasteiger partial charge in [-0.2, -0.15) is 0 Å². The zero-order valence-corrected chi connectivity index (χ0v) is 7.93. The van der Waals surface area contributed by atoms with Crippen LogP contribution in [0.15, 0.2) is 28.0 Å². The van der Waals surface area contributed by atoms with Gasteiger partial charge in [0.15, 0.2) is 0 Å². The largest absolute Gasteiger partial charge is 0.478 e. The average molecular weight is 206 g/mol. The van der Waals surface area contributed by atoms with Gasteiger partial charge in [0.25, 0.3) is 0 Å². The van der Waals surface area contributed by atoms with Gasteiger partial charge in [-0.1, -0.05) is 17.8 Å². The molecule has 0 atom stereocenters. The summed E-state index contributed by atoms with van der Waals surface area (Å²) in [5.74, 6) is 0.894. The number of carbonyl (C=O) groups excluding carboxylic acids is 1. The van der Waals surface area contributed by atoms with Crippen molar-refractivity contribution in [1.82, 2.24) is 0 Å². The molecule has 0 spiro atoms. The summed E-state index contributed by atoms with van der Waals surface area (Å²) in [4.78, 5) is 22.5. The molecule has 0 saturated carbocycles. The van der Waals surface area contributed by atoms with Gasteiger partial charge < -0.3 is 5.11 Å². The molecule has 0 saturated heterocycles. The Labute approximate surface area is 84.4 Å². The number of carboxylic acid groups (broad SMARTS) is 1. The van der Waals surface area contributed by atoms with Crippen LogP contribution in [0.4, 0.5) is 0 Å². The van der Waals surface area contributed by atoms with E-state index in [2.05, 4.69) is 0 Å². The summed E-state index contributed by atoms with van der Waals surface area (Å²) >= 11 is 1.30. The third kappa shape index (κ3) is 1.45. The van der Waals surface area contributed by atoms with Crippen molar-refractivity contribution < 1.29 is 14.7 Å². The summed E-state index contributed by atoms with van der Waals surface area (Å²) in [6.07, 6.45) is 0.573. The fraction of sp³-hybridized carbons (Fsp3) is 0.100. The Bertz CT molecular complexity index is 458. The predicted octanol–water partition coefficient (Wildman–Crippen LogP) is 1.75. The number of fused-ring (bicyclic) bond motifs is 1. The molecule has 0 bridgehead atoms. The fourth-order valence-corrected chi connectivity index (χ4v) is 2.32. The highest BCUT2D eigenvalue weighted by molar-refractivity contribution is 8.03. The van der Waals surface area contributed by atoms with Crippen molar-refractivity contribution >= 4 is 23.7 Å². The molecule has 14 heavy (non-hydrogen) atoms. The number of carbonyl (C=O) groups is 1. The summed E-state index contributed by atoms with van der Waals surface area (Å²) < 4.78 is 0. The first-order valence-corrected chi connectivity index (χ1v) is 4.80. The van der Waals surface area contributed by atoms with Gasteiger partial charge in [0, 0.05) is 11.3 Å². The smallest absolute Gasteiger partial charge is 0.335 e. The zero-order chi connectivity index (χ0) is 10.1. The van der Waals surface area contributed by atoms with Crippen molar-refractivity contribution in [2.24, 2.45) is 0 Å². The summed E-state index contributed by atoms with van der Waals surface area (Å²) in [6, 6.07) is 4.89. The molecule has 1 N–H and O–H groups in total. The second kappa shape index (κ2) is 3.33. The first kappa shape index (κ1) is 9.06. The van der Waals surface area contributed by atoms with Gasteiger partial charge >= 0.3 is 5.97 Å². The third-order valence-electron chi connectivity index (χ3n) is 2.01. The van der Waals surface area contributed by atoms with Crippen molar-refractivity contribution in [2.75, 3.05) is 0 Å². The average Bonchev–Trinajstić information content (AvgIpc) is 2.58. The third-order valence-corrected chi connectivity index (χ3v) is 3.09. The summed E-state index contributed by atoms with van der Waals surface area (Å²) in [7, 11) is 0. The van der Waals surface area contributed by atoms with Gasteiger partial charge in [-0.3, -0.25) is 0 Å². The van der Waals surface area contributed by atoms with E-state index in [4.69, 9.17) is 5.11 Å². The molecule has 0 fully saturated rings. The number of hydrogen-bond donors (Lipinski definition) is 1. The van der Waals surface area contributed by atoms with E-state index in [0.717, 1.165) is 10.5 Å². The van der Waals surface area contributed by atoms with E-state index < -0.39 is 5.97 Å². The normalized spacial score (nSPS) is 13.6. The van der Waals surface area contributed by atoms with Crippen molar-refractivity contribution in [1.29, 1.82) is 0 Å². The van der Waals surface area contributed by atoms with Crippen LogP contribution < -0.4 is 0 Å². The van der Waals surface area contributed by atoms with Crippen LogP contribution in [0.5, 0.6) is 0 Å². The van der Waals surface area contributed by atoms with Crippen molar-refractivity contribution in [3.63, 3.8) is 0 Å². The molecule has 3 nitrogen and oxygen atoms in total. The Balaban J connectivity index is 2.45. The van der Waals surface area contributed by atoms with E-state index in [1.54, 1.807) is 18.2 Å². The van der Waals surface area contributed by atoms with Gasteiger partial charge in [-0.15, -0.1) is 0 Å². The highest BCUT2D eigenvalue weighted by Gasteiger charge is 2.18. The minimum absolute atomic E-state index is 0.253. The Kier molecular flexibility index (Phi) is 2.15. The summed E-state index contributed by atoms with van der Waals surface area (Å²) in [5.41, 5.74) is 1.25. The molecule has 0 radical (unpaired) electrons. The minimum atomic E-state index is -0.947. The van der Waals surface area contributed by atoms with Crippen molar-refractivity contribution in [3.05, 3.63) is 34.2 Å². The van der Waals surface area contributed by atoms with Crippen LogP contribution in [-0.2, 0) is 11.2 Å². The Morgan fingerprint density at radius 1 is 1.50 bits per heavy atom. The first-order valence-electron chi connectivity index (χ1n) is 3.99. The van der Waals surface area contributed by atoms with Crippen LogP contribution in [0.25, 0.3) is 0 Å². The van der Waals surface area contributed by atoms with Crippen LogP contribution in [0, 0.1) is 0 Å². The van der Waals surface area contributed by atoms with Gasteiger partial charge in [-0.25, -0.2) is 9.59 Å². The van der Waals surface area contributed by atoms with Gasteiger partial charge in [0.1, 0.15) is 5.94 Å². The standard InChI is InChI=1S/C10H6O3S/c11-5-8-3-6-1-2-7(10(12)13)4-9(6)14-8/h1-2,4H,3H2,(H,12,13). The maximum atomic E-state index is 10.7. The van der Waals surface area contributed by atoms with Crippen LogP contribution in [0.1, 0.15) is 15.9 Å². The number of rotatable bonds is 1. The molecule has 1 aliphatic heterocycles. The SMILES string of the molecule is O=C=C1Cc2ccc(C(=O)O)cc2S1. The Morgan fingerprint density at radius 2 is 2.29 bits per heavy atom. The van der Waals surface area contributed by atoms with E-state index in [1.807, 2.05) is 5.94 Å². The van der Waals surface area contributed by atoms with E-state index in [1.165, 1.54) is 11.8 Å². The lowest BCUT2D eigenvalue weighted by Crippen LogP contribution is -1.96. The van der Waals surface area contributed by atoms with Gasteiger partial charge in [0.2, 0.25) is 0 Å². The highest BCUT2D eigenvalue weighted by Crippen LogP contribution is 2.38. The number of benzene rings is 1. The quantitative estimate of drug-likeness (QED) is 0.711. The van der Waals surface area contributed by atoms with Crippen molar-refractivity contribution in [2.45, 2.75) is 11.3 Å². The fourth-order valence-electron chi connectivity index (χ4n) is 1.33. The summed E-state index contributed by atoms with van der Waals surface area (Å²) in [5, 5.41) is 8.75. The Morgan fingerprint density at radius 3 is 2.93 bits per heavy atom. The number of hydrogen-bond acceptors (Lipinski definition) is 3. The van der Waals surface area contributed by atoms with Crippen LogP contribution >= 0.6 is 11.8 Å². The van der Waals surface area contributed by atoms with E-state index in [0.29, 0.717) is 11.3 Å². The topological polar surface area (TPSA) is 54.4 Å². The second-order valence-corrected chi connectivity index (χ2v) is 4.07. The lowest BCUT2D eigenvalue weighted by atomic mass is 10.1. The van der Waals surface area contributed by atoms with Gasteiger partial charge in [0.05, 0.1) is 10.5 Å². The lowest BCUT2D eigenvalue weighted by Gasteiger charge is -1.98. The van der Waals surface area contributed by atoms with Gasteiger partial charge in [-0.05, 0) is 17.7 Å². The molecule has 4 heteroatoms. The first-order chi connectivity index (χ1) is 6.70. The van der Waals surface area contributed by atoms with Crippen LogP contribution in [0.3, 0.4) is 0 Å². The zero-order valence-electron chi connectivity index (χ0n) is 7.11. The molecule has 1 aromatic carbocycles. The highest BCUT2D eigenvalue weighted by atomic mass is 32.2. The molecule has 1 heterocycles. The molecule has 2 rings (SSSR count). The molecule has 1 aliphatic rings. The summed E-state index contributed by atoms with van der Waals surface area (Å²) in [6.45, 7) is 0. The number of carboxylic acids is 1. The van der Waals surface area contributed by atoms with Crippen LogP contribution in [-0.4, -0.2) is 17.0 Å². The maximum absolute atomic E-state index is 10.7. The predicted molar refractivity (Wildman–Crippen MR) is 52.2 cm³/mol. The molecular formula is C10H6O3S. The number of thioether (sulfide) groups is 1. The molecular weight excluding hydrogens is 200 g/mol. The molecule has 0 unspecified atom stereocenters. The van der Waals surface area contributed by atoms with E-state index in [-0.39, 0.29) is 5.56 Å². The minimum Gasteiger partial charge on any atom is -0.478 e. The molecule has 1 aromatic rings. The number of allylic oxidation sites excluding steroid dienone is 1. The van der Waals surface area contributed by atoms with Crippen molar-refractivity contribution in [3.8, 4) is 0 Å². The maximum Gasteiger partial charge on any atom is 0.335 e. The molecule has 0 amide bonds. The molecule has 70 valence electrons. The van der Waals surface area contributed by atoms with E-state index >= 15 is 0 Å². The Hall–Kier alpha value is -1.51. The number of aromatic carboxylic acids is 1. The van der Waals surface area contributed by atoms with E-state index in [9.17, 15) is 9.59 Å². The monoisotopic (exact) mass is 206 g/mol. The van der Waals surface area contributed by atoms with Crippen LogP contribution in [0.2, 0.25) is 0 Å².